The van der Waals surface area contributed by atoms with Crippen LogP contribution in [0.3, 0.4) is 0 Å². The molecule has 2 nitrogen and oxygen atoms in total. The van der Waals surface area contributed by atoms with Crippen molar-refractivity contribution in [3.8, 4) is 0 Å². The Hall–Kier alpha value is -0.410. The van der Waals surface area contributed by atoms with Crippen molar-refractivity contribution < 1.29 is 0 Å². The van der Waals surface area contributed by atoms with Gasteiger partial charge >= 0.3 is 0 Å². The largest absolute Gasteiger partial charge is 0.308 e. The van der Waals surface area contributed by atoms with Crippen molar-refractivity contribution in [3.63, 3.8) is 0 Å². The number of thiazole rings is 1. The molecule has 0 bridgehead atoms. The van der Waals surface area contributed by atoms with Gasteiger partial charge in [-0.1, -0.05) is 20.3 Å². The average Bonchev–Trinajstić information content (AvgIpc) is 2.59. The van der Waals surface area contributed by atoms with Crippen molar-refractivity contribution in [2.45, 2.75) is 65.5 Å². The molecule has 0 amide bonds. The lowest BCUT2D eigenvalue weighted by molar-refractivity contribution is 0.309. The van der Waals surface area contributed by atoms with Gasteiger partial charge in [-0.25, -0.2) is 4.98 Å². The zero-order valence-electron chi connectivity index (χ0n) is 11.3. The summed E-state index contributed by atoms with van der Waals surface area (Å²) in [7, 11) is 0. The molecule has 1 N–H and O–H groups in total. The van der Waals surface area contributed by atoms with Crippen LogP contribution >= 0.6 is 11.3 Å². The Morgan fingerprint density at radius 3 is 2.94 bits per heavy atom. The van der Waals surface area contributed by atoms with E-state index in [1.54, 1.807) is 11.3 Å². The Labute approximate surface area is 109 Å². The minimum absolute atomic E-state index is 0.550. The first-order valence-electron chi connectivity index (χ1n) is 6.70. The smallest absolute Gasteiger partial charge is 0.107 e. The minimum Gasteiger partial charge on any atom is -0.308 e. The molecule has 1 fully saturated rings. The van der Waals surface area contributed by atoms with Crippen molar-refractivity contribution in [2.24, 2.45) is 5.41 Å². The predicted octanol–water partition coefficient (Wildman–Crippen LogP) is 3.90. The number of nitrogens with zero attached hydrogens (tertiary/aromatic N) is 1. The van der Waals surface area contributed by atoms with Crippen LogP contribution in [0.15, 0.2) is 5.38 Å². The Morgan fingerprint density at radius 1 is 1.41 bits per heavy atom. The first kappa shape index (κ1) is 13.0. The van der Waals surface area contributed by atoms with Crippen LogP contribution in [0.4, 0.5) is 0 Å². The minimum atomic E-state index is 0.550. The topological polar surface area (TPSA) is 24.9 Å². The molecule has 3 heteroatoms. The van der Waals surface area contributed by atoms with E-state index in [0.717, 1.165) is 12.2 Å². The van der Waals surface area contributed by atoms with Gasteiger partial charge < -0.3 is 5.32 Å². The van der Waals surface area contributed by atoms with Crippen molar-refractivity contribution in [1.82, 2.24) is 10.3 Å². The standard InChI is InChI=1S/C14H24N2S/c1-11-10-17-13(16-11)9-15-12-5-4-7-14(2,3)8-6-12/h10,12,15H,4-9H2,1-3H3. The van der Waals surface area contributed by atoms with Crippen LogP contribution in [0, 0.1) is 12.3 Å². The molecule has 1 aromatic rings. The van der Waals surface area contributed by atoms with Crippen LogP contribution in [0.5, 0.6) is 0 Å². The Kier molecular flexibility index (Phi) is 4.21. The summed E-state index contributed by atoms with van der Waals surface area (Å²) in [5.41, 5.74) is 1.70. The highest BCUT2D eigenvalue weighted by Gasteiger charge is 2.23. The van der Waals surface area contributed by atoms with Gasteiger partial charge in [0.15, 0.2) is 0 Å². The van der Waals surface area contributed by atoms with Crippen molar-refractivity contribution in [3.05, 3.63) is 16.1 Å². The third-order valence-corrected chi connectivity index (χ3v) is 4.75. The lowest BCUT2D eigenvalue weighted by Gasteiger charge is -2.22. The van der Waals surface area contributed by atoms with Gasteiger partial charge in [0.2, 0.25) is 0 Å². The molecule has 1 atom stereocenters. The SMILES string of the molecule is Cc1csc(CNC2CCCC(C)(C)CC2)n1. The zero-order valence-corrected chi connectivity index (χ0v) is 12.1. The maximum atomic E-state index is 4.50. The predicted molar refractivity (Wildman–Crippen MR) is 74.3 cm³/mol. The number of rotatable bonds is 3. The van der Waals surface area contributed by atoms with Crippen LogP contribution in [-0.4, -0.2) is 11.0 Å². The number of hydrogen-bond acceptors (Lipinski definition) is 3. The van der Waals surface area contributed by atoms with Crippen LogP contribution in [-0.2, 0) is 6.54 Å². The molecule has 1 unspecified atom stereocenters. The monoisotopic (exact) mass is 252 g/mol. The van der Waals surface area contributed by atoms with E-state index in [1.165, 1.54) is 37.1 Å². The van der Waals surface area contributed by atoms with Crippen LogP contribution in [0.25, 0.3) is 0 Å². The second-order valence-electron chi connectivity index (χ2n) is 6.06. The molecule has 1 saturated carbocycles. The second kappa shape index (κ2) is 5.49. The van der Waals surface area contributed by atoms with Gasteiger partial charge in [0.25, 0.3) is 0 Å². The third kappa shape index (κ3) is 4.07. The van der Waals surface area contributed by atoms with E-state index in [4.69, 9.17) is 0 Å². The van der Waals surface area contributed by atoms with E-state index >= 15 is 0 Å². The fourth-order valence-corrected chi connectivity index (χ4v) is 3.30. The highest BCUT2D eigenvalue weighted by Crippen LogP contribution is 2.33. The fraction of sp³-hybridized carbons (Fsp3) is 0.786. The van der Waals surface area contributed by atoms with E-state index in [0.29, 0.717) is 11.5 Å². The molecule has 1 aliphatic rings. The molecule has 17 heavy (non-hydrogen) atoms. The molecule has 0 aromatic carbocycles. The first-order valence-corrected chi connectivity index (χ1v) is 7.57. The molecule has 0 radical (unpaired) electrons. The fourth-order valence-electron chi connectivity index (χ4n) is 2.58. The summed E-state index contributed by atoms with van der Waals surface area (Å²) in [6, 6.07) is 0.695. The number of hydrogen-bond donors (Lipinski definition) is 1. The molecule has 2 rings (SSSR count). The summed E-state index contributed by atoms with van der Waals surface area (Å²) in [5.74, 6) is 0. The average molecular weight is 252 g/mol. The van der Waals surface area contributed by atoms with Crippen molar-refractivity contribution >= 4 is 11.3 Å². The van der Waals surface area contributed by atoms with Gasteiger partial charge in [-0.15, -0.1) is 11.3 Å². The summed E-state index contributed by atoms with van der Waals surface area (Å²) < 4.78 is 0. The van der Waals surface area contributed by atoms with E-state index in [-0.39, 0.29) is 0 Å². The normalized spacial score (nSPS) is 24.5. The number of nitrogens with one attached hydrogen (secondary N) is 1. The molecule has 1 aliphatic carbocycles. The molecule has 0 aliphatic heterocycles. The van der Waals surface area contributed by atoms with Crippen LogP contribution in [0.1, 0.15) is 56.7 Å². The van der Waals surface area contributed by atoms with Crippen molar-refractivity contribution in [2.75, 3.05) is 0 Å². The summed E-state index contributed by atoms with van der Waals surface area (Å²) in [5, 5.41) is 7.04. The van der Waals surface area contributed by atoms with E-state index in [2.05, 4.69) is 36.5 Å². The van der Waals surface area contributed by atoms with Gasteiger partial charge in [-0.05, 0) is 38.0 Å². The first-order chi connectivity index (χ1) is 8.05. The molecular formula is C14H24N2S. The van der Waals surface area contributed by atoms with E-state index in [1.807, 2.05) is 0 Å². The molecule has 1 heterocycles. The highest BCUT2D eigenvalue weighted by molar-refractivity contribution is 7.09. The molecule has 0 spiro atoms. The van der Waals surface area contributed by atoms with E-state index in [9.17, 15) is 0 Å². The van der Waals surface area contributed by atoms with Gasteiger partial charge in [0.05, 0.1) is 0 Å². The van der Waals surface area contributed by atoms with Gasteiger partial charge in [-0.2, -0.15) is 0 Å². The maximum Gasteiger partial charge on any atom is 0.107 e. The Morgan fingerprint density at radius 2 is 2.24 bits per heavy atom. The number of aromatic nitrogens is 1. The zero-order chi connectivity index (χ0) is 12.3. The summed E-state index contributed by atoms with van der Waals surface area (Å²) in [4.78, 5) is 4.50. The van der Waals surface area contributed by atoms with Crippen LogP contribution in [0.2, 0.25) is 0 Å². The van der Waals surface area contributed by atoms with Gasteiger partial charge in [0, 0.05) is 23.7 Å². The molecule has 1 aromatic heterocycles. The Bertz CT molecular complexity index is 357. The van der Waals surface area contributed by atoms with Gasteiger partial charge in [0.1, 0.15) is 5.01 Å². The third-order valence-electron chi connectivity index (χ3n) is 3.78. The lowest BCUT2D eigenvalue weighted by Crippen LogP contribution is -2.28. The summed E-state index contributed by atoms with van der Waals surface area (Å²) in [6.07, 6.45) is 6.73. The molecular weight excluding hydrogens is 228 g/mol. The summed E-state index contributed by atoms with van der Waals surface area (Å²) >= 11 is 1.77. The molecule has 96 valence electrons. The Balaban J connectivity index is 1.79. The highest BCUT2D eigenvalue weighted by atomic mass is 32.1. The number of aryl methyl sites for hydroxylation is 1. The maximum absolute atomic E-state index is 4.50. The van der Waals surface area contributed by atoms with Gasteiger partial charge in [-0.3, -0.25) is 0 Å². The molecule has 0 saturated heterocycles. The van der Waals surface area contributed by atoms with E-state index < -0.39 is 0 Å². The lowest BCUT2D eigenvalue weighted by atomic mass is 9.85. The second-order valence-corrected chi connectivity index (χ2v) is 7.00. The quantitative estimate of drug-likeness (QED) is 0.825. The van der Waals surface area contributed by atoms with Crippen LogP contribution < -0.4 is 5.32 Å². The van der Waals surface area contributed by atoms with Crippen molar-refractivity contribution in [1.29, 1.82) is 0 Å². The summed E-state index contributed by atoms with van der Waals surface area (Å²) in [6.45, 7) is 7.82.